The van der Waals surface area contributed by atoms with Gasteiger partial charge in [0.1, 0.15) is 0 Å². The molecule has 1 unspecified atom stereocenters. The minimum absolute atomic E-state index is 0.116. The van der Waals surface area contributed by atoms with Gasteiger partial charge in [0, 0.05) is 13.0 Å². The van der Waals surface area contributed by atoms with Crippen LogP contribution in [0.15, 0.2) is 18.2 Å². The van der Waals surface area contributed by atoms with Crippen LogP contribution < -0.4 is 5.32 Å². The van der Waals surface area contributed by atoms with Crippen LogP contribution in [-0.4, -0.2) is 24.8 Å². The van der Waals surface area contributed by atoms with Crippen molar-refractivity contribution in [3.8, 4) is 0 Å². The Bertz CT molecular complexity index is 304. The molecule has 0 amide bonds. The van der Waals surface area contributed by atoms with E-state index >= 15 is 0 Å². The zero-order valence-corrected chi connectivity index (χ0v) is 7.93. The molecule has 2 N–H and O–H groups in total. The first-order valence-electron chi connectivity index (χ1n) is 4.40. The summed E-state index contributed by atoms with van der Waals surface area (Å²) in [6, 6.07) is 3.96. The highest BCUT2D eigenvalue weighted by molar-refractivity contribution is 5.19. The smallest absolute Gasteiger partial charge is 0.162 e. The van der Waals surface area contributed by atoms with Gasteiger partial charge in [-0.15, -0.1) is 0 Å². The molecule has 2 nitrogen and oxygen atoms in total. The predicted molar refractivity (Wildman–Crippen MR) is 50.0 cm³/mol. The number of likely N-dealkylation sites (N-methyl/N-ethyl adjacent to an activating group) is 1. The third-order valence-corrected chi connectivity index (χ3v) is 1.93. The number of aliphatic hydroxyl groups excluding tert-OH is 1. The van der Waals surface area contributed by atoms with Gasteiger partial charge < -0.3 is 10.4 Å². The van der Waals surface area contributed by atoms with Crippen LogP contribution in [0, 0.1) is 11.6 Å². The molecule has 0 bridgehead atoms. The first-order chi connectivity index (χ1) is 6.65. The lowest BCUT2D eigenvalue weighted by Gasteiger charge is -2.10. The highest BCUT2D eigenvalue weighted by Crippen LogP contribution is 2.12. The summed E-state index contributed by atoms with van der Waals surface area (Å²) >= 11 is 0. The van der Waals surface area contributed by atoms with Gasteiger partial charge in [0.15, 0.2) is 11.6 Å². The Morgan fingerprint density at radius 3 is 2.79 bits per heavy atom. The molecule has 1 atom stereocenters. The molecule has 0 spiro atoms. The zero-order valence-electron chi connectivity index (χ0n) is 7.93. The summed E-state index contributed by atoms with van der Waals surface area (Å²) in [5, 5.41) is 12.1. The van der Waals surface area contributed by atoms with Crippen molar-refractivity contribution in [3.63, 3.8) is 0 Å². The maximum absolute atomic E-state index is 13.1. The Hall–Kier alpha value is -1.00. The molecule has 0 aliphatic heterocycles. The fraction of sp³-hybridized carbons (Fsp3) is 0.400. The van der Waals surface area contributed by atoms with Crippen molar-refractivity contribution in [2.24, 2.45) is 0 Å². The molecule has 0 radical (unpaired) electrons. The molecule has 1 aromatic carbocycles. The fourth-order valence-electron chi connectivity index (χ4n) is 1.27. The van der Waals surface area contributed by atoms with Crippen molar-refractivity contribution in [3.05, 3.63) is 35.4 Å². The molecule has 0 saturated carbocycles. The van der Waals surface area contributed by atoms with E-state index in [4.69, 9.17) is 0 Å². The van der Waals surface area contributed by atoms with Crippen molar-refractivity contribution in [2.75, 3.05) is 13.6 Å². The van der Waals surface area contributed by atoms with E-state index < -0.39 is 17.7 Å². The van der Waals surface area contributed by atoms with Gasteiger partial charge in [0.05, 0.1) is 6.10 Å². The second-order valence-electron chi connectivity index (χ2n) is 3.13. The molecule has 0 aliphatic rings. The lowest BCUT2D eigenvalue weighted by atomic mass is 10.1. The van der Waals surface area contributed by atoms with Gasteiger partial charge in [-0.05, 0) is 18.7 Å². The Labute approximate surface area is 81.6 Å². The minimum Gasteiger partial charge on any atom is -0.391 e. The molecule has 0 aliphatic carbocycles. The van der Waals surface area contributed by atoms with Gasteiger partial charge in [-0.1, -0.05) is 12.1 Å². The summed E-state index contributed by atoms with van der Waals surface area (Å²) in [4.78, 5) is 0. The minimum atomic E-state index is -0.876. The Balaban J connectivity index is 2.71. The van der Waals surface area contributed by atoms with Crippen LogP contribution >= 0.6 is 0 Å². The number of aliphatic hydroxyl groups is 1. The molecular weight excluding hydrogens is 188 g/mol. The van der Waals surface area contributed by atoms with Crippen molar-refractivity contribution in [1.29, 1.82) is 0 Å². The van der Waals surface area contributed by atoms with Crippen molar-refractivity contribution >= 4 is 0 Å². The average Bonchev–Trinajstić information content (AvgIpc) is 2.13. The summed E-state index contributed by atoms with van der Waals surface area (Å²) < 4.78 is 25.8. The maximum Gasteiger partial charge on any atom is 0.162 e. The number of hydrogen-bond acceptors (Lipinski definition) is 2. The summed E-state index contributed by atoms with van der Waals surface area (Å²) in [6.07, 6.45) is -0.582. The third-order valence-electron chi connectivity index (χ3n) is 1.93. The van der Waals surface area contributed by atoms with E-state index in [0.717, 1.165) is 6.07 Å². The SMILES string of the molecule is CNCC(O)Cc1cccc(F)c1F. The zero-order chi connectivity index (χ0) is 10.6. The molecular formula is C10H13F2NO. The second kappa shape index (κ2) is 5.02. The standard InChI is InChI=1S/C10H13F2NO/c1-13-6-8(14)5-7-3-2-4-9(11)10(7)12/h2-4,8,13-14H,5-6H2,1H3. The van der Waals surface area contributed by atoms with E-state index in [-0.39, 0.29) is 12.0 Å². The van der Waals surface area contributed by atoms with Gasteiger partial charge in [-0.2, -0.15) is 0 Å². The van der Waals surface area contributed by atoms with Crippen molar-refractivity contribution in [1.82, 2.24) is 5.32 Å². The first kappa shape index (κ1) is 11.1. The van der Waals surface area contributed by atoms with Crippen LogP contribution in [0.1, 0.15) is 5.56 Å². The topological polar surface area (TPSA) is 32.3 Å². The molecule has 14 heavy (non-hydrogen) atoms. The Kier molecular flexibility index (Phi) is 3.98. The highest BCUT2D eigenvalue weighted by Gasteiger charge is 2.11. The van der Waals surface area contributed by atoms with Crippen LogP contribution in [0.25, 0.3) is 0 Å². The van der Waals surface area contributed by atoms with Crippen LogP contribution in [0.3, 0.4) is 0 Å². The van der Waals surface area contributed by atoms with Crippen LogP contribution in [0.2, 0.25) is 0 Å². The van der Waals surface area contributed by atoms with Crippen molar-refractivity contribution < 1.29 is 13.9 Å². The van der Waals surface area contributed by atoms with E-state index in [2.05, 4.69) is 5.32 Å². The number of nitrogens with one attached hydrogen (secondary N) is 1. The lowest BCUT2D eigenvalue weighted by molar-refractivity contribution is 0.173. The predicted octanol–water partition coefficient (Wildman–Crippen LogP) is 1.09. The summed E-state index contributed by atoms with van der Waals surface area (Å²) in [5.41, 5.74) is 0.202. The molecule has 1 rings (SSSR count). The average molecular weight is 201 g/mol. The summed E-state index contributed by atoms with van der Waals surface area (Å²) in [6.45, 7) is 0.357. The van der Waals surface area contributed by atoms with Gasteiger partial charge >= 0.3 is 0 Å². The van der Waals surface area contributed by atoms with E-state index in [1.165, 1.54) is 12.1 Å². The lowest BCUT2D eigenvalue weighted by Crippen LogP contribution is -2.25. The Morgan fingerprint density at radius 1 is 1.43 bits per heavy atom. The van der Waals surface area contributed by atoms with Crippen LogP contribution in [-0.2, 0) is 6.42 Å². The molecule has 4 heteroatoms. The number of rotatable bonds is 4. The normalized spacial score (nSPS) is 12.9. The molecule has 0 fully saturated rings. The van der Waals surface area contributed by atoms with Crippen LogP contribution in [0.4, 0.5) is 8.78 Å². The molecule has 78 valence electrons. The first-order valence-corrected chi connectivity index (χ1v) is 4.40. The number of halogens is 2. The highest BCUT2D eigenvalue weighted by atomic mass is 19.2. The monoisotopic (exact) mass is 201 g/mol. The quantitative estimate of drug-likeness (QED) is 0.764. The van der Waals surface area contributed by atoms with Crippen LogP contribution in [0.5, 0.6) is 0 Å². The molecule has 0 saturated heterocycles. The van der Waals surface area contributed by atoms with Crippen molar-refractivity contribution in [2.45, 2.75) is 12.5 Å². The van der Waals surface area contributed by atoms with E-state index in [9.17, 15) is 13.9 Å². The molecule has 0 aromatic heterocycles. The number of benzene rings is 1. The van der Waals surface area contributed by atoms with E-state index in [0.29, 0.717) is 6.54 Å². The van der Waals surface area contributed by atoms with E-state index in [1.807, 2.05) is 0 Å². The Morgan fingerprint density at radius 2 is 2.14 bits per heavy atom. The fourth-order valence-corrected chi connectivity index (χ4v) is 1.27. The van der Waals surface area contributed by atoms with Gasteiger partial charge in [-0.3, -0.25) is 0 Å². The molecule has 1 aromatic rings. The molecule has 0 heterocycles. The largest absolute Gasteiger partial charge is 0.391 e. The maximum atomic E-state index is 13.1. The summed E-state index contributed by atoms with van der Waals surface area (Å²) in [5.74, 6) is -1.75. The third kappa shape index (κ3) is 2.75. The number of hydrogen-bond donors (Lipinski definition) is 2. The summed E-state index contributed by atoms with van der Waals surface area (Å²) in [7, 11) is 1.69. The van der Waals surface area contributed by atoms with Gasteiger partial charge in [-0.25, -0.2) is 8.78 Å². The van der Waals surface area contributed by atoms with Gasteiger partial charge in [0.25, 0.3) is 0 Å². The van der Waals surface area contributed by atoms with E-state index in [1.54, 1.807) is 7.05 Å². The van der Waals surface area contributed by atoms with Gasteiger partial charge in [0.2, 0.25) is 0 Å². The second-order valence-corrected chi connectivity index (χ2v) is 3.13.